The van der Waals surface area contributed by atoms with Crippen molar-refractivity contribution in [2.45, 2.75) is 43.0 Å². The molecule has 8 nitrogen and oxygen atoms in total. The first-order valence-corrected chi connectivity index (χ1v) is 9.92. The van der Waals surface area contributed by atoms with E-state index in [4.69, 9.17) is 0 Å². The molecule has 1 aromatic rings. The Labute approximate surface area is 141 Å². The third-order valence-electron chi connectivity index (χ3n) is 5.22. The van der Waals surface area contributed by atoms with Gasteiger partial charge in [0.1, 0.15) is 12.1 Å². The van der Waals surface area contributed by atoms with E-state index in [1.165, 1.54) is 6.33 Å². The van der Waals surface area contributed by atoms with Gasteiger partial charge in [0.2, 0.25) is 15.9 Å². The van der Waals surface area contributed by atoms with Gasteiger partial charge >= 0.3 is 0 Å². The monoisotopic (exact) mass is 351 g/mol. The lowest BCUT2D eigenvalue weighted by Crippen LogP contribution is -2.59. The first-order valence-electron chi connectivity index (χ1n) is 8.38. The normalized spacial score (nSPS) is 31.9. The zero-order chi connectivity index (χ0) is 16.7. The topological polar surface area (TPSA) is 95.5 Å². The van der Waals surface area contributed by atoms with Crippen molar-refractivity contribution in [2.75, 3.05) is 24.5 Å². The lowest BCUT2D eigenvalue weighted by atomic mass is 10.1. The summed E-state index contributed by atoms with van der Waals surface area (Å²) in [4.78, 5) is 25.1. The van der Waals surface area contributed by atoms with E-state index in [0.29, 0.717) is 32.5 Å². The summed E-state index contributed by atoms with van der Waals surface area (Å²) in [6.07, 6.45) is 6.37. The lowest BCUT2D eigenvalue weighted by molar-refractivity contribution is -0.131. The third kappa shape index (κ3) is 2.65. The molecule has 130 valence electrons. The summed E-state index contributed by atoms with van der Waals surface area (Å²) in [5.41, 5.74) is 0. The van der Waals surface area contributed by atoms with Gasteiger partial charge in [0.15, 0.2) is 5.25 Å². The lowest BCUT2D eigenvalue weighted by Gasteiger charge is -2.42. The summed E-state index contributed by atoms with van der Waals surface area (Å²) < 4.78 is 26.8. The van der Waals surface area contributed by atoms with Gasteiger partial charge in [-0.1, -0.05) is 0 Å². The van der Waals surface area contributed by atoms with E-state index >= 15 is 0 Å². The Kier molecular flexibility index (Phi) is 3.92. The number of fused-ring (bicyclic) bond motifs is 2. The number of carbonyl (C=O) groups is 1. The molecule has 4 heterocycles. The molecule has 3 saturated heterocycles. The minimum Gasteiger partial charge on any atom is -0.347 e. The van der Waals surface area contributed by atoms with Crippen LogP contribution in [0.3, 0.4) is 0 Å². The molecule has 2 bridgehead atoms. The van der Waals surface area contributed by atoms with Crippen LogP contribution in [0.15, 0.2) is 18.6 Å². The molecule has 0 spiro atoms. The van der Waals surface area contributed by atoms with Crippen molar-refractivity contribution >= 4 is 21.7 Å². The van der Waals surface area contributed by atoms with Gasteiger partial charge < -0.3 is 9.80 Å². The molecular formula is C15H21N5O3S. The minimum atomic E-state index is -3.53. The van der Waals surface area contributed by atoms with Gasteiger partial charge in [-0.25, -0.2) is 23.1 Å². The molecule has 0 aliphatic carbocycles. The zero-order valence-corrected chi connectivity index (χ0v) is 14.2. The number of sulfonamides is 1. The summed E-state index contributed by atoms with van der Waals surface area (Å²) >= 11 is 0. The van der Waals surface area contributed by atoms with E-state index in [2.05, 4.69) is 19.6 Å². The molecule has 9 heteroatoms. The van der Waals surface area contributed by atoms with Gasteiger partial charge in [-0.2, -0.15) is 0 Å². The van der Waals surface area contributed by atoms with E-state index in [1.54, 1.807) is 11.1 Å². The second kappa shape index (κ2) is 5.96. The molecule has 3 aliphatic heterocycles. The molecule has 3 atom stereocenters. The Morgan fingerprint density at radius 2 is 1.96 bits per heavy atom. The highest BCUT2D eigenvalue weighted by Gasteiger charge is 2.45. The predicted octanol–water partition coefficient (Wildman–Crippen LogP) is -0.262. The molecule has 3 aliphatic rings. The Hall–Kier alpha value is -1.74. The highest BCUT2D eigenvalue weighted by molar-refractivity contribution is 7.90. The number of hydrogen-bond donors (Lipinski definition) is 1. The first-order chi connectivity index (χ1) is 11.6. The van der Waals surface area contributed by atoms with Gasteiger partial charge in [0, 0.05) is 37.9 Å². The largest absolute Gasteiger partial charge is 0.347 e. The quantitative estimate of drug-likeness (QED) is 0.789. The van der Waals surface area contributed by atoms with Crippen LogP contribution in [0.4, 0.5) is 5.82 Å². The SMILES string of the molecule is O=C(C1CCCNS1(=O)=O)N1CC2CCC(C1)N2c1ccncn1. The molecule has 0 aromatic carbocycles. The highest BCUT2D eigenvalue weighted by atomic mass is 32.2. The number of aromatic nitrogens is 2. The van der Waals surface area contributed by atoms with E-state index in [9.17, 15) is 13.2 Å². The van der Waals surface area contributed by atoms with Crippen molar-refractivity contribution in [3.05, 3.63) is 18.6 Å². The Morgan fingerprint density at radius 3 is 2.58 bits per heavy atom. The van der Waals surface area contributed by atoms with Crippen molar-refractivity contribution in [3.63, 3.8) is 0 Å². The average molecular weight is 351 g/mol. The van der Waals surface area contributed by atoms with Crippen LogP contribution in [0.2, 0.25) is 0 Å². The second-order valence-corrected chi connectivity index (χ2v) is 8.62. The maximum atomic E-state index is 12.8. The molecule has 4 rings (SSSR count). The van der Waals surface area contributed by atoms with E-state index in [1.807, 2.05) is 6.07 Å². The summed E-state index contributed by atoms with van der Waals surface area (Å²) in [6.45, 7) is 1.55. The standard InChI is InChI=1S/C15H21N5O3S/c21-15(13-2-1-6-18-24(13,22)23)19-8-11-3-4-12(9-19)20(11)14-5-7-16-10-17-14/h5,7,10-13,18H,1-4,6,8-9H2. The van der Waals surface area contributed by atoms with E-state index in [0.717, 1.165) is 18.7 Å². The first kappa shape index (κ1) is 15.8. The number of piperazine rings is 1. The summed E-state index contributed by atoms with van der Waals surface area (Å²) in [5, 5.41) is -0.934. The van der Waals surface area contributed by atoms with E-state index in [-0.39, 0.29) is 18.0 Å². The Morgan fingerprint density at radius 1 is 1.21 bits per heavy atom. The van der Waals surface area contributed by atoms with Crippen LogP contribution in [0.1, 0.15) is 25.7 Å². The molecular weight excluding hydrogens is 330 g/mol. The maximum absolute atomic E-state index is 12.8. The van der Waals surface area contributed by atoms with Crippen LogP contribution in [-0.2, 0) is 14.8 Å². The maximum Gasteiger partial charge on any atom is 0.242 e. The number of rotatable bonds is 2. The molecule has 0 saturated carbocycles. The number of anilines is 1. The van der Waals surface area contributed by atoms with Crippen molar-refractivity contribution < 1.29 is 13.2 Å². The molecule has 0 radical (unpaired) electrons. The Balaban J connectivity index is 1.52. The fraction of sp³-hybridized carbons (Fsp3) is 0.667. The smallest absolute Gasteiger partial charge is 0.242 e. The highest BCUT2D eigenvalue weighted by Crippen LogP contribution is 2.34. The van der Waals surface area contributed by atoms with Crippen molar-refractivity contribution in [1.29, 1.82) is 0 Å². The molecule has 24 heavy (non-hydrogen) atoms. The van der Waals surface area contributed by atoms with Crippen LogP contribution in [0.5, 0.6) is 0 Å². The molecule has 3 fully saturated rings. The predicted molar refractivity (Wildman–Crippen MR) is 87.8 cm³/mol. The summed E-state index contributed by atoms with van der Waals surface area (Å²) in [5.74, 6) is 0.637. The van der Waals surface area contributed by atoms with Gasteiger partial charge in [-0.3, -0.25) is 4.79 Å². The number of nitrogens with one attached hydrogen (secondary N) is 1. The number of amides is 1. The number of nitrogens with zero attached hydrogens (tertiary/aromatic N) is 4. The van der Waals surface area contributed by atoms with Crippen molar-refractivity contribution in [1.82, 2.24) is 19.6 Å². The Bertz CT molecular complexity index is 712. The van der Waals surface area contributed by atoms with Crippen LogP contribution >= 0.6 is 0 Å². The minimum absolute atomic E-state index is 0.196. The van der Waals surface area contributed by atoms with Gasteiger partial charge in [0.05, 0.1) is 0 Å². The molecule has 1 aromatic heterocycles. The van der Waals surface area contributed by atoms with Gasteiger partial charge in [0.25, 0.3) is 0 Å². The number of hydrogen-bond acceptors (Lipinski definition) is 6. The van der Waals surface area contributed by atoms with Crippen LogP contribution in [0.25, 0.3) is 0 Å². The van der Waals surface area contributed by atoms with E-state index < -0.39 is 15.3 Å². The number of carbonyl (C=O) groups excluding carboxylic acids is 1. The number of likely N-dealkylation sites (tertiary alicyclic amines) is 1. The van der Waals surface area contributed by atoms with Gasteiger partial charge in [-0.05, 0) is 31.7 Å². The fourth-order valence-electron chi connectivity index (χ4n) is 4.11. The average Bonchev–Trinajstić information content (AvgIpc) is 2.84. The van der Waals surface area contributed by atoms with Crippen molar-refractivity contribution in [2.24, 2.45) is 0 Å². The molecule has 3 unspecified atom stereocenters. The van der Waals surface area contributed by atoms with Gasteiger partial charge in [-0.15, -0.1) is 0 Å². The summed E-state index contributed by atoms with van der Waals surface area (Å²) in [7, 11) is -3.53. The fourth-order valence-corrected chi connectivity index (χ4v) is 5.63. The summed E-state index contributed by atoms with van der Waals surface area (Å²) in [6, 6.07) is 2.28. The molecule has 1 N–H and O–H groups in total. The third-order valence-corrected chi connectivity index (χ3v) is 7.01. The van der Waals surface area contributed by atoms with Crippen LogP contribution in [-0.4, -0.2) is 66.2 Å². The second-order valence-electron chi connectivity index (χ2n) is 6.67. The molecule has 1 amide bonds. The van der Waals surface area contributed by atoms with Crippen LogP contribution in [0, 0.1) is 0 Å². The zero-order valence-electron chi connectivity index (χ0n) is 13.3. The van der Waals surface area contributed by atoms with Crippen LogP contribution < -0.4 is 9.62 Å². The van der Waals surface area contributed by atoms with Crippen molar-refractivity contribution in [3.8, 4) is 0 Å².